The molecule has 0 saturated carbocycles. The molecule has 2 aromatic carbocycles. The molecule has 0 saturated heterocycles. The van der Waals surface area contributed by atoms with Crippen LogP contribution < -0.4 is 4.74 Å². The lowest BCUT2D eigenvalue weighted by molar-refractivity contribution is -0.139. The number of carbonyl (C=O) groups is 1. The molecule has 3 rings (SSSR count). The molecule has 0 aliphatic rings. The Hall–Kier alpha value is -2.50. The first-order chi connectivity index (χ1) is 13.3. The van der Waals surface area contributed by atoms with Crippen molar-refractivity contribution in [2.45, 2.75) is 20.4 Å². The van der Waals surface area contributed by atoms with Crippen LogP contribution in [0.4, 0.5) is 0 Å². The fourth-order valence-corrected chi connectivity index (χ4v) is 3.15. The predicted octanol–water partition coefficient (Wildman–Crippen LogP) is 5.64. The summed E-state index contributed by atoms with van der Waals surface area (Å²) in [4.78, 5) is 10.9. The highest BCUT2D eigenvalue weighted by atomic mass is 35.5. The van der Waals surface area contributed by atoms with E-state index in [4.69, 9.17) is 38.1 Å². The highest BCUT2D eigenvalue weighted by Crippen LogP contribution is 2.35. The number of hydrogen-bond donors (Lipinski definition) is 1. The van der Waals surface area contributed by atoms with Crippen molar-refractivity contribution in [1.29, 1.82) is 0 Å². The predicted molar refractivity (Wildman–Crippen MR) is 111 cm³/mol. The molecule has 0 aliphatic heterocycles. The van der Waals surface area contributed by atoms with Crippen molar-refractivity contribution in [2.75, 3.05) is 6.61 Å². The summed E-state index contributed by atoms with van der Waals surface area (Å²) >= 11 is 12.2. The van der Waals surface area contributed by atoms with Crippen LogP contribution in [0.25, 0.3) is 22.5 Å². The van der Waals surface area contributed by atoms with Crippen molar-refractivity contribution in [3.05, 3.63) is 58.6 Å². The largest absolute Gasteiger partial charge is 0.481 e. The molecule has 0 fully saturated rings. The molecule has 0 amide bonds. The zero-order valence-corrected chi connectivity index (χ0v) is 17.0. The van der Waals surface area contributed by atoms with E-state index in [0.717, 1.165) is 17.8 Å². The summed E-state index contributed by atoms with van der Waals surface area (Å²) in [6.45, 7) is 4.52. The molecule has 0 spiro atoms. The van der Waals surface area contributed by atoms with Gasteiger partial charge in [0.25, 0.3) is 0 Å². The zero-order chi connectivity index (χ0) is 20.3. The Labute approximate surface area is 173 Å². The number of carboxylic acids is 1. The molecule has 146 valence electrons. The number of ether oxygens (including phenoxy) is 1. The van der Waals surface area contributed by atoms with Gasteiger partial charge in [0.15, 0.2) is 6.61 Å². The molecule has 0 unspecified atom stereocenters. The number of aliphatic carboxylic acids is 1. The minimum atomic E-state index is -1.05. The monoisotopic (exact) mass is 418 g/mol. The van der Waals surface area contributed by atoms with E-state index in [1.54, 1.807) is 18.2 Å². The smallest absolute Gasteiger partial charge is 0.341 e. The Morgan fingerprint density at radius 1 is 1.11 bits per heavy atom. The van der Waals surface area contributed by atoms with Crippen LogP contribution in [0.3, 0.4) is 0 Å². The molecule has 0 atom stereocenters. The Morgan fingerprint density at radius 2 is 1.79 bits per heavy atom. The van der Waals surface area contributed by atoms with Crippen LogP contribution >= 0.6 is 23.2 Å². The van der Waals surface area contributed by atoms with Crippen molar-refractivity contribution in [3.8, 4) is 28.3 Å². The second-order valence-electron chi connectivity index (χ2n) is 6.82. The molecule has 0 bridgehead atoms. The lowest BCUT2D eigenvalue weighted by Crippen LogP contribution is -2.10. The summed E-state index contributed by atoms with van der Waals surface area (Å²) < 4.78 is 7.37. The second kappa shape index (κ2) is 8.67. The maximum atomic E-state index is 10.9. The molecular formula is C21H20Cl2N2O3. The van der Waals surface area contributed by atoms with Crippen LogP contribution in [0.2, 0.25) is 10.0 Å². The van der Waals surface area contributed by atoms with Gasteiger partial charge in [-0.1, -0.05) is 49.2 Å². The molecule has 0 radical (unpaired) electrons. The normalized spacial score (nSPS) is 11.0. The highest BCUT2D eigenvalue weighted by molar-refractivity contribution is 6.31. The first-order valence-electron chi connectivity index (χ1n) is 8.82. The standard InChI is InChI=1S/C21H20Cl2N2O3/c1-13(2)11-25-19(14-3-5-15(22)6-4-14)10-18(24-25)17-9-16(23)7-8-20(17)28-12-21(26)27/h3-10,13H,11-12H2,1-2H3,(H,26,27). The lowest BCUT2D eigenvalue weighted by atomic mass is 10.1. The van der Waals surface area contributed by atoms with Gasteiger partial charge in [0.05, 0.1) is 11.4 Å². The summed E-state index contributed by atoms with van der Waals surface area (Å²) in [5.41, 5.74) is 3.23. The van der Waals surface area contributed by atoms with Gasteiger partial charge < -0.3 is 9.84 Å². The van der Waals surface area contributed by atoms with Crippen molar-refractivity contribution >= 4 is 29.2 Å². The van der Waals surface area contributed by atoms with Crippen LogP contribution in [-0.4, -0.2) is 27.5 Å². The third kappa shape index (κ3) is 4.86. The third-order valence-corrected chi connectivity index (χ3v) is 4.51. The van der Waals surface area contributed by atoms with Crippen LogP contribution in [0.1, 0.15) is 13.8 Å². The number of rotatable bonds is 7. The molecule has 0 aliphatic carbocycles. The SMILES string of the molecule is CC(C)Cn1nc(-c2cc(Cl)ccc2OCC(=O)O)cc1-c1ccc(Cl)cc1. The van der Waals surface area contributed by atoms with Gasteiger partial charge in [0, 0.05) is 22.2 Å². The number of carboxylic acid groups (broad SMARTS) is 1. The van der Waals surface area contributed by atoms with E-state index in [2.05, 4.69) is 13.8 Å². The summed E-state index contributed by atoms with van der Waals surface area (Å²) in [5, 5.41) is 14.9. The first kappa shape index (κ1) is 20.2. The molecule has 7 heteroatoms. The van der Waals surface area contributed by atoms with Crippen molar-refractivity contribution in [1.82, 2.24) is 9.78 Å². The lowest BCUT2D eigenvalue weighted by Gasteiger charge is -2.10. The van der Waals surface area contributed by atoms with E-state index >= 15 is 0 Å². The van der Waals surface area contributed by atoms with Gasteiger partial charge >= 0.3 is 5.97 Å². The Kier molecular flexibility index (Phi) is 6.27. The van der Waals surface area contributed by atoms with Gasteiger partial charge in [0.2, 0.25) is 0 Å². The summed E-state index contributed by atoms with van der Waals surface area (Å²) in [6, 6.07) is 14.6. The van der Waals surface area contributed by atoms with E-state index in [9.17, 15) is 4.79 Å². The summed E-state index contributed by atoms with van der Waals surface area (Å²) in [5.74, 6) is -0.238. The van der Waals surface area contributed by atoms with Gasteiger partial charge in [-0.15, -0.1) is 0 Å². The molecule has 3 aromatic rings. The Morgan fingerprint density at radius 3 is 2.43 bits per heavy atom. The average molecular weight is 419 g/mol. The summed E-state index contributed by atoms with van der Waals surface area (Å²) in [7, 11) is 0. The Bertz CT molecular complexity index is 982. The first-order valence-corrected chi connectivity index (χ1v) is 9.57. The topological polar surface area (TPSA) is 64.4 Å². The number of benzene rings is 2. The number of halogens is 2. The van der Waals surface area contributed by atoms with Crippen LogP contribution in [0, 0.1) is 5.92 Å². The van der Waals surface area contributed by atoms with Gasteiger partial charge in [-0.2, -0.15) is 5.10 Å². The van der Waals surface area contributed by atoms with E-state index in [1.165, 1.54) is 0 Å². The maximum Gasteiger partial charge on any atom is 0.341 e. The van der Waals surface area contributed by atoms with Crippen LogP contribution in [-0.2, 0) is 11.3 Å². The fraction of sp³-hybridized carbons (Fsp3) is 0.238. The van der Waals surface area contributed by atoms with Crippen molar-refractivity contribution < 1.29 is 14.6 Å². The fourth-order valence-electron chi connectivity index (χ4n) is 2.85. The molecule has 1 heterocycles. The van der Waals surface area contributed by atoms with Gasteiger partial charge in [-0.3, -0.25) is 4.68 Å². The van der Waals surface area contributed by atoms with Gasteiger partial charge in [-0.05, 0) is 47.9 Å². The number of nitrogens with zero attached hydrogens (tertiary/aromatic N) is 2. The molecule has 5 nitrogen and oxygen atoms in total. The summed E-state index contributed by atoms with van der Waals surface area (Å²) in [6.07, 6.45) is 0. The van der Waals surface area contributed by atoms with E-state index in [0.29, 0.717) is 33.0 Å². The molecular weight excluding hydrogens is 399 g/mol. The van der Waals surface area contributed by atoms with Crippen LogP contribution in [0.5, 0.6) is 5.75 Å². The number of aromatic nitrogens is 2. The minimum Gasteiger partial charge on any atom is -0.481 e. The molecule has 28 heavy (non-hydrogen) atoms. The Balaban J connectivity index is 2.08. The average Bonchev–Trinajstić information content (AvgIpc) is 3.04. The van der Waals surface area contributed by atoms with E-state index in [1.807, 2.05) is 35.0 Å². The minimum absolute atomic E-state index is 0.390. The number of hydrogen-bond acceptors (Lipinski definition) is 3. The van der Waals surface area contributed by atoms with E-state index < -0.39 is 12.6 Å². The van der Waals surface area contributed by atoms with Gasteiger partial charge in [-0.25, -0.2) is 4.79 Å². The maximum absolute atomic E-state index is 10.9. The molecule has 1 aromatic heterocycles. The van der Waals surface area contributed by atoms with Crippen molar-refractivity contribution in [2.24, 2.45) is 5.92 Å². The van der Waals surface area contributed by atoms with Crippen LogP contribution in [0.15, 0.2) is 48.5 Å². The quantitative estimate of drug-likeness (QED) is 0.538. The zero-order valence-electron chi connectivity index (χ0n) is 15.5. The van der Waals surface area contributed by atoms with E-state index in [-0.39, 0.29) is 0 Å². The third-order valence-electron chi connectivity index (χ3n) is 4.03. The van der Waals surface area contributed by atoms with Gasteiger partial charge in [0.1, 0.15) is 5.75 Å². The van der Waals surface area contributed by atoms with Crippen molar-refractivity contribution in [3.63, 3.8) is 0 Å². The second-order valence-corrected chi connectivity index (χ2v) is 7.69. The molecule has 1 N–H and O–H groups in total. The highest BCUT2D eigenvalue weighted by Gasteiger charge is 2.17.